The normalized spacial score (nSPS) is 11.5. The van der Waals surface area contributed by atoms with Gasteiger partial charge in [-0.2, -0.15) is 0 Å². The Labute approximate surface area is 114 Å². The van der Waals surface area contributed by atoms with Crippen LogP contribution in [0.15, 0.2) is 29.2 Å². The van der Waals surface area contributed by atoms with E-state index in [1.807, 2.05) is 45.0 Å². The van der Waals surface area contributed by atoms with E-state index >= 15 is 0 Å². The van der Waals surface area contributed by atoms with Crippen LogP contribution in [0.25, 0.3) is 0 Å². The van der Waals surface area contributed by atoms with E-state index in [0.717, 1.165) is 36.1 Å². The van der Waals surface area contributed by atoms with Gasteiger partial charge in [-0.05, 0) is 31.4 Å². The van der Waals surface area contributed by atoms with Crippen molar-refractivity contribution in [1.82, 2.24) is 0 Å². The second kappa shape index (κ2) is 6.83. The molecule has 0 aliphatic carbocycles. The average molecular weight is 266 g/mol. The number of aryl methyl sites for hydroxylation is 1. The van der Waals surface area contributed by atoms with Crippen LogP contribution < -0.4 is 0 Å². The van der Waals surface area contributed by atoms with Crippen LogP contribution in [0.3, 0.4) is 0 Å². The first-order valence-electron chi connectivity index (χ1n) is 6.53. The highest BCUT2D eigenvalue weighted by molar-refractivity contribution is 8.01. The van der Waals surface area contributed by atoms with Gasteiger partial charge in [-0.15, -0.1) is 11.8 Å². The maximum absolute atomic E-state index is 11.7. The summed E-state index contributed by atoms with van der Waals surface area (Å²) in [6.07, 6.45) is 3.22. The Morgan fingerprint density at radius 1 is 1.22 bits per heavy atom. The van der Waals surface area contributed by atoms with Crippen molar-refractivity contribution in [3.05, 3.63) is 29.8 Å². The summed E-state index contributed by atoms with van der Waals surface area (Å²) >= 11 is 1.52. The number of thioether (sulfide) groups is 1. The van der Waals surface area contributed by atoms with Crippen molar-refractivity contribution in [1.29, 1.82) is 0 Å². The van der Waals surface area contributed by atoms with Gasteiger partial charge in [0.25, 0.3) is 0 Å². The van der Waals surface area contributed by atoms with Crippen LogP contribution in [-0.4, -0.2) is 15.8 Å². The summed E-state index contributed by atoms with van der Waals surface area (Å²) in [5.41, 5.74) is 1.15. The minimum absolute atomic E-state index is 0.671. The number of aliphatic carboxylic acids is 1. The molecule has 1 aromatic rings. The smallest absolute Gasteiger partial charge is 0.320 e. The van der Waals surface area contributed by atoms with E-state index < -0.39 is 10.7 Å². The average Bonchev–Trinajstić information content (AvgIpc) is 2.32. The van der Waals surface area contributed by atoms with Crippen molar-refractivity contribution in [2.45, 2.75) is 56.1 Å². The molecule has 0 radical (unpaired) electrons. The SMILES string of the molecule is CCCC(CCC)(Sc1ccccc1C)C(=O)O. The van der Waals surface area contributed by atoms with Gasteiger partial charge in [0.2, 0.25) is 0 Å². The molecule has 0 bridgehead atoms. The number of carboxylic acid groups (broad SMARTS) is 1. The number of carbonyl (C=O) groups is 1. The van der Waals surface area contributed by atoms with E-state index in [-0.39, 0.29) is 0 Å². The highest BCUT2D eigenvalue weighted by Gasteiger charge is 2.38. The third kappa shape index (κ3) is 3.52. The lowest BCUT2D eigenvalue weighted by Crippen LogP contribution is -2.34. The van der Waals surface area contributed by atoms with Crippen LogP contribution in [-0.2, 0) is 4.79 Å². The number of hydrogen-bond donors (Lipinski definition) is 1. The standard InChI is InChI=1S/C15H22O2S/c1-4-10-15(11-5-2,14(16)17)18-13-9-7-6-8-12(13)3/h6-9H,4-5,10-11H2,1-3H3,(H,16,17). The predicted molar refractivity (Wildman–Crippen MR) is 77.2 cm³/mol. The Morgan fingerprint density at radius 2 is 1.78 bits per heavy atom. The van der Waals surface area contributed by atoms with Gasteiger partial charge in [-0.25, -0.2) is 0 Å². The molecule has 2 nitrogen and oxygen atoms in total. The highest BCUT2D eigenvalue weighted by atomic mass is 32.2. The largest absolute Gasteiger partial charge is 0.480 e. The molecular weight excluding hydrogens is 244 g/mol. The van der Waals surface area contributed by atoms with Crippen molar-refractivity contribution in [3.8, 4) is 0 Å². The summed E-state index contributed by atoms with van der Waals surface area (Å²) < 4.78 is -0.671. The first-order chi connectivity index (χ1) is 8.55. The molecule has 0 heterocycles. The van der Waals surface area contributed by atoms with E-state index in [0.29, 0.717) is 0 Å². The molecule has 0 aliphatic heterocycles. The fraction of sp³-hybridized carbons (Fsp3) is 0.533. The molecule has 0 saturated heterocycles. The zero-order valence-electron chi connectivity index (χ0n) is 11.4. The van der Waals surface area contributed by atoms with Crippen LogP contribution in [0.2, 0.25) is 0 Å². The second-order valence-corrected chi connectivity index (χ2v) is 6.09. The fourth-order valence-electron chi connectivity index (χ4n) is 2.17. The zero-order chi connectivity index (χ0) is 13.6. The summed E-state index contributed by atoms with van der Waals surface area (Å²) in [6, 6.07) is 8.01. The summed E-state index contributed by atoms with van der Waals surface area (Å²) in [4.78, 5) is 12.8. The molecule has 1 aromatic carbocycles. The Hall–Kier alpha value is -0.960. The number of rotatable bonds is 7. The Kier molecular flexibility index (Phi) is 5.73. The molecule has 0 aromatic heterocycles. The minimum Gasteiger partial charge on any atom is -0.480 e. The van der Waals surface area contributed by atoms with Crippen LogP contribution >= 0.6 is 11.8 Å². The topological polar surface area (TPSA) is 37.3 Å². The molecule has 18 heavy (non-hydrogen) atoms. The summed E-state index contributed by atoms with van der Waals surface area (Å²) in [7, 11) is 0. The fourth-order valence-corrected chi connectivity index (χ4v) is 3.67. The lowest BCUT2D eigenvalue weighted by Gasteiger charge is -2.28. The van der Waals surface area contributed by atoms with Gasteiger partial charge in [0.05, 0.1) is 0 Å². The molecule has 0 fully saturated rings. The van der Waals surface area contributed by atoms with E-state index in [4.69, 9.17) is 0 Å². The third-order valence-electron chi connectivity index (χ3n) is 3.10. The van der Waals surface area contributed by atoms with E-state index in [1.54, 1.807) is 0 Å². The van der Waals surface area contributed by atoms with E-state index in [9.17, 15) is 9.90 Å². The van der Waals surface area contributed by atoms with Crippen LogP contribution in [0.5, 0.6) is 0 Å². The Balaban J connectivity index is 3.03. The third-order valence-corrected chi connectivity index (χ3v) is 4.75. The monoisotopic (exact) mass is 266 g/mol. The Morgan fingerprint density at radius 3 is 2.22 bits per heavy atom. The highest BCUT2D eigenvalue weighted by Crippen LogP contribution is 2.41. The number of benzene rings is 1. The molecule has 0 saturated carbocycles. The summed E-state index contributed by atoms with van der Waals surface area (Å²) in [6.45, 7) is 6.13. The van der Waals surface area contributed by atoms with Gasteiger partial charge in [0.1, 0.15) is 4.75 Å². The van der Waals surface area contributed by atoms with Crippen molar-refractivity contribution < 1.29 is 9.90 Å². The molecule has 1 rings (SSSR count). The molecule has 0 aliphatic rings. The maximum atomic E-state index is 11.7. The van der Waals surface area contributed by atoms with Crippen molar-refractivity contribution in [2.24, 2.45) is 0 Å². The van der Waals surface area contributed by atoms with Crippen LogP contribution in [0.1, 0.15) is 45.1 Å². The Bertz CT molecular complexity index is 395. The second-order valence-electron chi connectivity index (χ2n) is 4.67. The van der Waals surface area contributed by atoms with Gasteiger partial charge < -0.3 is 5.11 Å². The molecule has 0 atom stereocenters. The molecule has 0 amide bonds. The predicted octanol–water partition coefficient (Wildman–Crippen LogP) is 4.51. The first kappa shape index (κ1) is 15.1. The molecule has 100 valence electrons. The first-order valence-corrected chi connectivity index (χ1v) is 7.35. The van der Waals surface area contributed by atoms with E-state index in [2.05, 4.69) is 0 Å². The minimum atomic E-state index is -0.681. The lowest BCUT2D eigenvalue weighted by molar-refractivity contribution is -0.140. The quantitative estimate of drug-likeness (QED) is 0.738. The van der Waals surface area contributed by atoms with Gasteiger partial charge in [-0.1, -0.05) is 44.9 Å². The zero-order valence-corrected chi connectivity index (χ0v) is 12.2. The molecule has 0 spiro atoms. The molecule has 3 heteroatoms. The summed E-state index contributed by atoms with van der Waals surface area (Å²) in [5, 5.41) is 9.62. The van der Waals surface area contributed by atoms with Gasteiger partial charge >= 0.3 is 5.97 Å². The van der Waals surface area contributed by atoms with Crippen LogP contribution in [0, 0.1) is 6.92 Å². The molecular formula is C15H22O2S. The van der Waals surface area contributed by atoms with E-state index in [1.165, 1.54) is 11.8 Å². The van der Waals surface area contributed by atoms with Gasteiger partial charge in [-0.3, -0.25) is 4.79 Å². The molecule has 0 unspecified atom stereocenters. The summed E-state index contributed by atoms with van der Waals surface area (Å²) in [5.74, 6) is -0.681. The van der Waals surface area contributed by atoms with Gasteiger partial charge in [0, 0.05) is 4.90 Å². The van der Waals surface area contributed by atoms with Crippen molar-refractivity contribution >= 4 is 17.7 Å². The maximum Gasteiger partial charge on any atom is 0.320 e. The van der Waals surface area contributed by atoms with Crippen molar-refractivity contribution in [3.63, 3.8) is 0 Å². The van der Waals surface area contributed by atoms with Gasteiger partial charge in [0.15, 0.2) is 0 Å². The number of hydrogen-bond acceptors (Lipinski definition) is 2. The number of carboxylic acids is 1. The van der Waals surface area contributed by atoms with Crippen LogP contribution in [0.4, 0.5) is 0 Å². The van der Waals surface area contributed by atoms with Crippen molar-refractivity contribution in [2.75, 3.05) is 0 Å². The lowest BCUT2D eigenvalue weighted by atomic mass is 9.97. The molecule has 1 N–H and O–H groups in total.